The second kappa shape index (κ2) is 5.87. The molecule has 2 aromatic rings. The number of aliphatic imine (C=N–C) groups is 1. The Bertz CT molecular complexity index is 653. The van der Waals surface area contributed by atoms with Crippen molar-refractivity contribution in [3.63, 3.8) is 0 Å². The predicted octanol–water partition coefficient (Wildman–Crippen LogP) is 4.51. The molecule has 0 bridgehead atoms. The molecule has 0 fully saturated rings. The third-order valence-electron chi connectivity index (χ3n) is 2.97. The van der Waals surface area contributed by atoms with Gasteiger partial charge in [-0.25, -0.2) is 4.99 Å². The summed E-state index contributed by atoms with van der Waals surface area (Å²) in [6.07, 6.45) is 3.07. The maximum Gasteiger partial charge on any atom is 0.220 e. The van der Waals surface area contributed by atoms with Crippen molar-refractivity contribution in [2.75, 3.05) is 6.61 Å². The second-order valence-corrected chi connectivity index (χ2v) is 6.35. The van der Waals surface area contributed by atoms with Gasteiger partial charge in [-0.15, -0.1) is 0 Å². The van der Waals surface area contributed by atoms with E-state index < -0.39 is 0 Å². The highest BCUT2D eigenvalue weighted by molar-refractivity contribution is 14.1. The van der Waals surface area contributed by atoms with E-state index in [0.29, 0.717) is 28.1 Å². The van der Waals surface area contributed by atoms with Crippen LogP contribution in [-0.2, 0) is 4.74 Å². The fraction of sp³-hybridized carbons (Fsp3) is 0.143. The lowest BCUT2D eigenvalue weighted by Gasteiger charge is -2.05. The minimum Gasteiger partial charge on any atom is -0.475 e. The van der Waals surface area contributed by atoms with Gasteiger partial charge in [-0.05, 0) is 40.3 Å². The Balaban J connectivity index is 1.94. The normalized spacial score (nSPS) is 17.8. The van der Waals surface area contributed by atoms with Crippen LogP contribution in [0.4, 0.5) is 0 Å². The highest BCUT2D eigenvalue weighted by atomic mass is 127. The van der Waals surface area contributed by atoms with Gasteiger partial charge in [0.25, 0.3) is 0 Å². The Hall–Kier alpha value is -0.850. The van der Waals surface area contributed by atoms with E-state index in [4.69, 9.17) is 27.9 Å². The van der Waals surface area contributed by atoms with E-state index in [1.165, 1.54) is 16.0 Å². The maximum absolute atomic E-state index is 6.12. The van der Waals surface area contributed by atoms with Gasteiger partial charge in [-0.3, -0.25) is 4.98 Å². The SMILES string of the molecule is Clc1cncc(Cl)c1C1=NC(c2ccc(I)cc2)CO1. The van der Waals surface area contributed by atoms with Gasteiger partial charge in [-0.2, -0.15) is 0 Å². The minimum atomic E-state index is -0.0256. The van der Waals surface area contributed by atoms with Crippen molar-refractivity contribution >= 4 is 51.7 Å². The molecule has 2 heterocycles. The molecular weight excluding hydrogens is 410 g/mol. The third kappa shape index (κ3) is 2.77. The molecule has 0 saturated carbocycles. The van der Waals surface area contributed by atoms with Gasteiger partial charge in [0, 0.05) is 16.0 Å². The van der Waals surface area contributed by atoms with Crippen LogP contribution in [0.25, 0.3) is 0 Å². The van der Waals surface area contributed by atoms with Gasteiger partial charge in [0.2, 0.25) is 5.90 Å². The molecule has 20 heavy (non-hydrogen) atoms. The molecule has 0 amide bonds. The minimum absolute atomic E-state index is 0.0256. The molecule has 1 aromatic heterocycles. The zero-order valence-corrected chi connectivity index (χ0v) is 13.9. The molecule has 0 spiro atoms. The zero-order valence-electron chi connectivity index (χ0n) is 10.2. The van der Waals surface area contributed by atoms with E-state index >= 15 is 0 Å². The lowest BCUT2D eigenvalue weighted by Crippen LogP contribution is -2.03. The summed E-state index contributed by atoms with van der Waals surface area (Å²) in [5, 5.41) is 0.888. The molecule has 1 aromatic carbocycles. The fourth-order valence-corrected chi connectivity index (χ4v) is 2.87. The van der Waals surface area contributed by atoms with Crippen LogP contribution >= 0.6 is 45.8 Å². The van der Waals surface area contributed by atoms with Crippen LogP contribution in [0.15, 0.2) is 41.7 Å². The number of hydrogen-bond acceptors (Lipinski definition) is 3. The number of hydrogen-bond donors (Lipinski definition) is 0. The summed E-state index contributed by atoms with van der Waals surface area (Å²) < 4.78 is 6.84. The topological polar surface area (TPSA) is 34.5 Å². The van der Waals surface area contributed by atoms with Gasteiger partial charge < -0.3 is 4.74 Å². The molecule has 3 rings (SSSR count). The number of benzene rings is 1. The third-order valence-corrected chi connectivity index (χ3v) is 4.27. The van der Waals surface area contributed by atoms with Gasteiger partial charge in [0.05, 0.1) is 15.6 Å². The summed E-state index contributed by atoms with van der Waals surface area (Å²) in [4.78, 5) is 8.50. The summed E-state index contributed by atoms with van der Waals surface area (Å²) in [6.45, 7) is 0.491. The molecule has 0 radical (unpaired) electrons. The molecule has 1 atom stereocenters. The van der Waals surface area contributed by atoms with Crippen LogP contribution in [0, 0.1) is 3.57 Å². The van der Waals surface area contributed by atoms with E-state index in [1.807, 2.05) is 0 Å². The second-order valence-electron chi connectivity index (χ2n) is 4.29. The molecule has 6 heteroatoms. The Morgan fingerprint density at radius 1 is 1.10 bits per heavy atom. The van der Waals surface area contributed by atoms with Crippen molar-refractivity contribution in [3.8, 4) is 0 Å². The average molecular weight is 419 g/mol. The number of nitrogens with zero attached hydrogens (tertiary/aromatic N) is 2. The number of aromatic nitrogens is 1. The number of ether oxygens (including phenoxy) is 1. The van der Waals surface area contributed by atoms with Crippen molar-refractivity contribution in [3.05, 3.63) is 61.4 Å². The Morgan fingerprint density at radius 2 is 1.75 bits per heavy atom. The van der Waals surface area contributed by atoms with Crippen LogP contribution < -0.4 is 0 Å². The first kappa shape index (κ1) is 14.1. The van der Waals surface area contributed by atoms with E-state index in [9.17, 15) is 0 Å². The molecule has 3 nitrogen and oxygen atoms in total. The van der Waals surface area contributed by atoms with Crippen molar-refractivity contribution < 1.29 is 4.74 Å². The molecule has 0 aliphatic carbocycles. The Kier molecular flexibility index (Phi) is 4.14. The Morgan fingerprint density at radius 3 is 2.40 bits per heavy atom. The lowest BCUT2D eigenvalue weighted by molar-refractivity contribution is 0.320. The first-order valence-corrected chi connectivity index (χ1v) is 7.74. The Labute approximate surface area is 140 Å². The summed E-state index contributed by atoms with van der Waals surface area (Å²) in [7, 11) is 0. The highest BCUT2D eigenvalue weighted by Gasteiger charge is 2.25. The molecule has 1 aliphatic rings. The summed E-state index contributed by atoms with van der Waals surface area (Å²) in [6, 6.07) is 8.18. The van der Waals surface area contributed by atoms with Crippen LogP contribution in [0.2, 0.25) is 10.0 Å². The molecule has 102 valence electrons. The smallest absolute Gasteiger partial charge is 0.220 e. The predicted molar refractivity (Wildman–Crippen MR) is 88.6 cm³/mol. The maximum atomic E-state index is 6.12. The quantitative estimate of drug-likeness (QED) is 0.672. The fourth-order valence-electron chi connectivity index (χ4n) is 1.98. The molecule has 0 saturated heterocycles. The van der Waals surface area contributed by atoms with Crippen LogP contribution in [-0.4, -0.2) is 17.5 Å². The molecule has 0 N–H and O–H groups in total. The monoisotopic (exact) mass is 418 g/mol. The van der Waals surface area contributed by atoms with E-state index in [1.54, 1.807) is 0 Å². The van der Waals surface area contributed by atoms with Crippen molar-refractivity contribution in [1.82, 2.24) is 4.98 Å². The van der Waals surface area contributed by atoms with E-state index in [-0.39, 0.29) is 6.04 Å². The largest absolute Gasteiger partial charge is 0.475 e. The van der Waals surface area contributed by atoms with Crippen molar-refractivity contribution in [2.45, 2.75) is 6.04 Å². The molecular formula is C14H9Cl2IN2O. The first-order valence-electron chi connectivity index (χ1n) is 5.90. The standard InChI is InChI=1S/C14H9Cl2IN2O/c15-10-5-18-6-11(16)13(10)14-19-12(7-20-14)8-1-3-9(17)4-2-8/h1-6,12H,7H2. The van der Waals surface area contributed by atoms with Crippen molar-refractivity contribution in [1.29, 1.82) is 0 Å². The lowest BCUT2D eigenvalue weighted by atomic mass is 10.1. The summed E-state index contributed by atoms with van der Waals surface area (Å²) >= 11 is 14.5. The van der Waals surface area contributed by atoms with E-state index in [0.717, 1.165) is 5.56 Å². The van der Waals surface area contributed by atoms with E-state index in [2.05, 4.69) is 56.8 Å². The summed E-state index contributed by atoms with van der Waals surface area (Å²) in [5.41, 5.74) is 1.72. The number of pyridine rings is 1. The van der Waals surface area contributed by atoms with Crippen LogP contribution in [0.3, 0.4) is 0 Å². The van der Waals surface area contributed by atoms with Gasteiger partial charge in [-0.1, -0.05) is 35.3 Å². The van der Waals surface area contributed by atoms with Gasteiger partial charge in [0.15, 0.2) is 0 Å². The zero-order chi connectivity index (χ0) is 14.1. The molecule has 1 unspecified atom stereocenters. The van der Waals surface area contributed by atoms with Crippen LogP contribution in [0.5, 0.6) is 0 Å². The average Bonchev–Trinajstić information content (AvgIpc) is 2.89. The van der Waals surface area contributed by atoms with Crippen LogP contribution in [0.1, 0.15) is 17.2 Å². The first-order chi connectivity index (χ1) is 9.65. The summed E-state index contributed by atoms with van der Waals surface area (Å²) in [5.74, 6) is 0.478. The number of rotatable bonds is 2. The van der Waals surface area contributed by atoms with Gasteiger partial charge in [0.1, 0.15) is 12.6 Å². The van der Waals surface area contributed by atoms with Crippen molar-refractivity contribution in [2.24, 2.45) is 4.99 Å². The number of halogens is 3. The highest BCUT2D eigenvalue weighted by Crippen LogP contribution is 2.30. The van der Waals surface area contributed by atoms with Gasteiger partial charge >= 0.3 is 0 Å². The molecule has 1 aliphatic heterocycles.